The van der Waals surface area contributed by atoms with E-state index >= 15 is 0 Å². The first-order valence-electron chi connectivity index (χ1n) is 5.78. The summed E-state index contributed by atoms with van der Waals surface area (Å²) in [6, 6.07) is 16.0. The highest BCUT2D eigenvalue weighted by Gasteiger charge is 1.96. The van der Waals surface area contributed by atoms with Crippen LogP contribution in [-0.4, -0.2) is 6.61 Å². The number of anilines is 1. The normalized spacial score (nSPS) is 10.2. The molecular weight excluding hydrogens is 210 g/mol. The molecule has 0 amide bonds. The standard InChI is InChI=1S/C15H17NO/c1-12-4-2-5-13(10-12)8-9-17-15-7-3-6-14(16)11-15/h2-7,10-11H,8-9,16H2,1H3. The molecule has 0 saturated carbocycles. The largest absolute Gasteiger partial charge is 0.493 e. The van der Waals surface area contributed by atoms with Gasteiger partial charge in [0.05, 0.1) is 6.61 Å². The van der Waals surface area contributed by atoms with Crippen molar-refractivity contribution in [3.8, 4) is 5.75 Å². The summed E-state index contributed by atoms with van der Waals surface area (Å²) >= 11 is 0. The molecule has 0 heterocycles. The molecule has 0 spiro atoms. The van der Waals surface area contributed by atoms with Crippen LogP contribution >= 0.6 is 0 Å². The van der Waals surface area contributed by atoms with Crippen LogP contribution < -0.4 is 10.5 Å². The van der Waals surface area contributed by atoms with Crippen molar-refractivity contribution in [2.45, 2.75) is 13.3 Å². The number of hydrogen-bond donors (Lipinski definition) is 1. The monoisotopic (exact) mass is 227 g/mol. The number of hydrogen-bond acceptors (Lipinski definition) is 2. The third-order valence-electron chi connectivity index (χ3n) is 2.60. The highest BCUT2D eigenvalue weighted by molar-refractivity contribution is 5.43. The van der Waals surface area contributed by atoms with Crippen LogP contribution in [0.4, 0.5) is 5.69 Å². The van der Waals surface area contributed by atoms with Crippen LogP contribution in [0.3, 0.4) is 0 Å². The molecule has 0 aliphatic carbocycles. The Hall–Kier alpha value is -1.96. The Labute approximate surface area is 102 Å². The van der Waals surface area contributed by atoms with Crippen molar-refractivity contribution in [3.63, 3.8) is 0 Å². The van der Waals surface area contributed by atoms with Crippen LogP contribution in [0.2, 0.25) is 0 Å². The van der Waals surface area contributed by atoms with Crippen LogP contribution in [0, 0.1) is 6.92 Å². The Kier molecular flexibility index (Phi) is 3.66. The van der Waals surface area contributed by atoms with Crippen LogP contribution in [-0.2, 0) is 6.42 Å². The number of benzene rings is 2. The Morgan fingerprint density at radius 1 is 1.06 bits per heavy atom. The Morgan fingerprint density at radius 3 is 2.65 bits per heavy atom. The quantitative estimate of drug-likeness (QED) is 0.814. The first-order chi connectivity index (χ1) is 8.24. The Morgan fingerprint density at radius 2 is 1.88 bits per heavy atom. The van der Waals surface area contributed by atoms with Gasteiger partial charge in [0, 0.05) is 18.2 Å². The summed E-state index contributed by atoms with van der Waals surface area (Å²) in [5, 5.41) is 0. The first kappa shape index (κ1) is 11.5. The highest BCUT2D eigenvalue weighted by Crippen LogP contribution is 2.15. The molecule has 0 aromatic heterocycles. The maximum atomic E-state index is 5.68. The van der Waals surface area contributed by atoms with Crippen molar-refractivity contribution in [1.29, 1.82) is 0 Å². The van der Waals surface area contributed by atoms with Crippen molar-refractivity contribution >= 4 is 5.69 Å². The molecule has 0 aliphatic heterocycles. The molecule has 0 fully saturated rings. The van der Waals surface area contributed by atoms with E-state index in [1.54, 1.807) is 0 Å². The van der Waals surface area contributed by atoms with E-state index in [2.05, 4.69) is 31.2 Å². The van der Waals surface area contributed by atoms with E-state index in [4.69, 9.17) is 10.5 Å². The van der Waals surface area contributed by atoms with Gasteiger partial charge >= 0.3 is 0 Å². The molecule has 0 aliphatic rings. The molecular formula is C15H17NO. The molecule has 2 N–H and O–H groups in total. The zero-order chi connectivity index (χ0) is 12.1. The second-order valence-corrected chi connectivity index (χ2v) is 4.16. The van der Waals surface area contributed by atoms with Crippen molar-refractivity contribution in [1.82, 2.24) is 0 Å². The van der Waals surface area contributed by atoms with Gasteiger partial charge < -0.3 is 10.5 Å². The van der Waals surface area contributed by atoms with Gasteiger partial charge in [0.25, 0.3) is 0 Å². The minimum atomic E-state index is 0.674. The Bertz CT molecular complexity index is 448. The number of aryl methyl sites for hydroxylation is 1. The van der Waals surface area contributed by atoms with Crippen LogP contribution in [0.5, 0.6) is 5.75 Å². The molecule has 2 heteroatoms. The fourth-order valence-corrected chi connectivity index (χ4v) is 1.76. The topological polar surface area (TPSA) is 35.2 Å². The summed E-state index contributed by atoms with van der Waals surface area (Å²) in [5.41, 5.74) is 9.00. The highest BCUT2D eigenvalue weighted by atomic mass is 16.5. The van der Waals surface area contributed by atoms with E-state index in [-0.39, 0.29) is 0 Å². The fraction of sp³-hybridized carbons (Fsp3) is 0.200. The number of ether oxygens (including phenoxy) is 1. The molecule has 17 heavy (non-hydrogen) atoms. The lowest BCUT2D eigenvalue weighted by atomic mass is 10.1. The molecule has 0 unspecified atom stereocenters. The smallest absolute Gasteiger partial charge is 0.121 e. The van der Waals surface area contributed by atoms with Gasteiger partial charge in [-0.3, -0.25) is 0 Å². The molecule has 2 aromatic carbocycles. The molecule has 2 rings (SSSR count). The van der Waals surface area contributed by atoms with Crippen LogP contribution in [0.25, 0.3) is 0 Å². The van der Waals surface area contributed by atoms with Gasteiger partial charge in [0.15, 0.2) is 0 Å². The average Bonchev–Trinajstić information content (AvgIpc) is 2.29. The molecule has 0 bridgehead atoms. The van der Waals surface area contributed by atoms with E-state index in [1.165, 1.54) is 11.1 Å². The maximum absolute atomic E-state index is 5.68. The van der Waals surface area contributed by atoms with E-state index in [9.17, 15) is 0 Å². The average molecular weight is 227 g/mol. The summed E-state index contributed by atoms with van der Waals surface area (Å²) in [6.45, 7) is 2.77. The molecule has 2 nitrogen and oxygen atoms in total. The molecule has 0 radical (unpaired) electrons. The van der Waals surface area contributed by atoms with Gasteiger partial charge in [-0.15, -0.1) is 0 Å². The summed E-state index contributed by atoms with van der Waals surface area (Å²) in [6.07, 6.45) is 0.913. The van der Waals surface area contributed by atoms with Gasteiger partial charge in [-0.1, -0.05) is 35.9 Å². The van der Waals surface area contributed by atoms with Gasteiger partial charge in [0.2, 0.25) is 0 Å². The molecule has 88 valence electrons. The Balaban J connectivity index is 1.87. The number of nitrogens with two attached hydrogens (primary N) is 1. The summed E-state index contributed by atoms with van der Waals surface area (Å²) in [7, 11) is 0. The van der Waals surface area contributed by atoms with Crippen LogP contribution in [0.15, 0.2) is 48.5 Å². The third-order valence-corrected chi connectivity index (χ3v) is 2.60. The van der Waals surface area contributed by atoms with Gasteiger partial charge in [-0.25, -0.2) is 0 Å². The zero-order valence-corrected chi connectivity index (χ0v) is 10.0. The van der Waals surface area contributed by atoms with E-state index < -0.39 is 0 Å². The van der Waals surface area contributed by atoms with Crippen molar-refractivity contribution < 1.29 is 4.74 Å². The van der Waals surface area contributed by atoms with Crippen LogP contribution in [0.1, 0.15) is 11.1 Å². The molecule has 0 saturated heterocycles. The lowest BCUT2D eigenvalue weighted by Gasteiger charge is -2.07. The first-order valence-corrected chi connectivity index (χ1v) is 5.78. The SMILES string of the molecule is Cc1cccc(CCOc2cccc(N)c2)c1. The van der Waals surface area contributed by atoms with Crippen molar-refractivity contribution in [2.75, 3.05) is 12.3 Å². The lowest BCUT2D eigenvalue weighted by Crippen LogP contribution is -2.01. The lowest BCUT2D eigenvalue weighted by molar-refractivity contribution is 0.322. The predicted octanol–water partition coefficient (Wildman–Crippen LogP) is 3.20. The molecule has 0 atom stereocenters. The summed E-state index contributed by atoms with van der Waals surface area (Å²) < 4.78 is 5.65. The second-order valence-electron chi connectivity index (χ2n) is 4.16. The van der Waals surface area contributed by atoms with Gasteiger partial charge in [0.1, 0.15) is 5.75 Å². The van der Waals surface area contributed by atoms with Crippen molar-refractivity contribution in [3.05, 3.63) is 59.7 Å². The third kappa shape index (κ3) is 3.52. The second kappa shape index (κ2) is 5.39. The maximum Gasteiger partial charge on any atom is 0.121 e. The summed E-state index contributed by atoms with van der Waals surface area (Å²) in [4.78, 5) is 0. The molecule has 2 aromatic rings. The van der Waals surface area contributed by atoms with Crippen molar-refractivity contribution in [2.24, 2.45) is 0 Å². The van der Waals surface area contributed by atoms with Gasteiger partial charge in [-0.05, 0) is 24.6 Å². The summed E-state index contributed by atoms with van der Waals surface area (Å²) in [5.74, 6) is 0.831. The fourth-order valence-electron chi connectivity index (χ4n) is 1.76. The van der Waals surface area contributed by atoms with E-state index in [0.717, 1.165) is 17.9 Å². The van der Waals surface area contributed by atoms with E-state index in [1.807, 2.05) is 24.3 Å². The number of nitrogen functional groups attached to an aromatic ring is 1. The van der Waals surface area contributed by atoms with E-state index in [0.29, 0.717) is 6.61 Å². The minimum Gasteiger partial charge on any atom is -0.493 e. The van der Waals surface area contributed by atoms with Gasteiger partial charge in [-0.2, -0.15) is 0 Å². The minimum absolute atomic E-state index is 0.674. The zero-order valence-electron chi connectivity index (χ0n) is 10.0. The predicted molar refractivity (Wildman–Crippen MR) is 71.2 cm³/mol. The number of rotatable bonds is 4.